The van der Waals surface area contributed by atoms with Crippen LogP contribution in [-0.4, -0.2) is 34.9 Å². The molecular weight excluding hydrogens is 304 g/mol. The van der Waals surface area contributed by atoms with Crippen LogP contribution in [-0.2, 0) is 13.6 Å². The van der Waals surface area contributed by atoms with Crippen molar-refractivity contribution in [2.45, 2.75) is 31.7 Å². The Bertz CT molecular complexity index is 720. The van der Waals surface area contributed by atoms with Gasteiger partial charge in [0.15, 0.2) is 0 Å². The van der Waals surface area contributed by atoms with Gasteiger partial charge in [0, 0.05) is 33.1 Å². The zero-order chi connectivity index (χ0) is 17.1. The van der Waals surface area contributed by atoms with Crippen LogP contribution < -0.4 is 15.5 Å². The average molecular weight is 328 g/mol. The van der Waals surface area contributed by atoms with Gasteiger partial charge < -0.3 is 10.2 Å². The topological polar surface area (TPSA) is 75.1 Å². The number of amides is 2. The lowest BCUT2D eigenvalue weighted by atomic mass is 9.83. The lowest BCUT2D eigenvalue weighted by molar-refractivity contribution is 0.251. The molecule has 0 spiro atoms. The summed E-state index contributed by atoms with van der Waals surface area (Å²) in [6.45, 7) is 0.376. The van der Waals surface area contributed by atoms with Crippen molar-refractivity contribution < 1.29 is 4.79 Å². The van der Waals surface area contributed by atoms with Gasteiger partial charge in [0.05, 0.1) is 17.9 Å². The molecule has 7 nitrogen and oxygen atoms in total. The SMILES string of the molecule is CN(C)c1cccc(CNC(=O)Nc2cc(C3CCC3)nn2C)n1. The molecule has 3 rings (SSSR count). The van der Waals surface area contributed by atoms with Crippen LogP contribution in [0.15, 0.2) is 24.3 Å². The molecule has 0 aliphatic heterocycles. The van der Waals surface area contributed by atoms with Gasteiger partial charge in [0.25, 0.3) is 0 Å². The lowest BCUT2D eigenvalue weighted by Gasteiger charge is -2.22. The van der Waals surface area contributed by atoms with Crippen molar-refractivity contribution in [2.75, 3.05) is 24.3 Å². The second kappa shape index (κ2) is 6.90. The molecule has 1 saturated carbocycles. The van der Waals surface area contributed by atoms with Crippen LogP contribution >= 0.6 is 0 Å². The van der Waals surface area contributed by atoms with Crippen molar-refractivity contribution in [2.24, 2.45) is 7.05 Å². The quantitative estimate of drug-likeness (QED) is 0.884. The largest absolute Gasteiger partial charge is 0.363 e. The first-order chi connectivity index (χ1) is 11.5. The van der Waals surface area contributed by atoms with E-state index in [0.717, 1.165) is 17.2 Å². The number of nitrogens with one attached hydrogen (secondary N) is 2. The summed E-state index contributed by atoms with van der Waals surface area (Å²) in [6, 6.07) is 7.47. The molecule has 0 radical (unpaired) electrons. The minimum absolute atomic E-state index is 0.254. The van der Waals surface area contributed by atoms with Gasteiger partial charge in [-0.2, -0.15) is 5.10 Å². The van der Waals surface area contributed by atoms with Gasteiger partial charge in [-0.1, -0.05) is 12.5 Å². The van der Waals surface area contributed by atoms with E-state index in [9.17, 15) is 4.79 Å². The van der Waals surface area contributed by atoms with Crippen molar-refractivity contribution in [3.8, 4) is 0 Å². The van der Waals surface area contributed by atoms with Gasteiger partial charge in [-0.3, -0.25) is 10.00 Å². The highest BCUT2D eigenvalue weighted by molar-refractivity contribution is 5.88. The van der Waals surface area contributed by atoms with Crippen molar-refractivity contribution in [3.63, 3.8) is 0 Å². The molecule has 1 aliphatic rings. The Balaban J connectivity index is 1.56. The highest BCUT2D eigenvalue weighted by atomic mass is 16.2. The Morgan fingerprint density at radius 3 is 2.83 bits per heavy atom. The Kier molecular flexibility index (Phi) is 4.69. The second-order valence-electron chi connectivity index (χ2n) is 6.40. The second-order valence-corrected chi connectivity index (χ2v) is 6.40. The first-order valence-electron chi connectivity index (χ1n) is 8.25. The van der Waals surface area contributed by atoms with Crippen molar-refractivity contribution in [1.82, 2.24) is 20.1 Å². The molecule has 2 N–H and O–H groups in total. The zero-order valence-corrected chi connectivity index (χ0v) is 14.4. The Hall–Kier alpha value is -2.57. The number of pyridine rings is 1. The van der Waals surface area contributed by atoms with Crippen molar-refractivity contribution >= 4 is 17.7 Å². The molecule has 128 valence electrons. The smallest absolute Gasteiger partial charge is 0.320 e. The Labute approximate surface area is 142 Å². The number of hydrogen-bond donors (Lipinski definition) is 2. The third-order valence-corrected chi connectivity index (χ3v) is 4.34. The van der Waals surface area contributed by atoms with E-state index in [0.29, 0.717) is 18.3 Å². The summed E-state index contributed by atoms with van der Waals surface area (Å²) >= 11 is 0. The minimum Gasteiger partial charge on any atom is -0.363 e. The molecule has 7 heteroatoms. The maximum absolute atomic E-state index is 12.1. The molecule has 0 atom stereocenters. The number of rotatable bonds is 5. The summed E-state index contributed by atoms with van der Waals surface area (Å²) in [6.07, 6.45) is 3.65. The molecule has 0 saturated heterocycles. The fourth-order valence-corrected chi connectivity index (χ4v) is 2.66. The molecule has 24 heavy (non-hydrogen) atoms. The van der Waals surface area contributed by atoms with Crippen LogP contribution in [0.4, 0.5) is 16.4 Å². The molecule has 1 aliphatic carbocycles. The number of nitrogens with zero attached hydrogens (tertiary/aromatic N) is 4. The van der Waals surface area contributed by atoms with Crippen molar-refractivity contribution in [3.05, 3.63) is 35.7 Å². The molecule has 2 aromatic rings. The van der Waals surface area contributed by atoms with Crippen LogP contribution in [0.5, 0.6) is 0 Å². The highest BCUT2D eigenvalue weighted by Gasteiger charge is 2.23. The minimum atomic E-state index is -0.254. The predicted octanol–water partition coefficient (Wildman–Crippen LogP) is 2.47. The molecule has 0 aromatic carbocycles. The first kappa shape index (κ1) is 16.3. The van der Waals surface area contributed by atoms with E-state index in [1.54, 1.807) is 4.68 Å². The maximum atomic E-state index is 12.1. The normalized spacial score (nSPS) is 14.1. The van der Waals surface area contributed by atoms with E-state index in [2.05, 4.69) is 20.7 Å². The zero-order valence-electron chi connectivity index (χ0n) is 14.4. The first-order valence-corrected chi connectivity index (χ1v) is 8.25. The Morgan fingerprint density at radius 1 is 1.38 bits per heavy atom. The fraction of sp³-hybridized carbons (Fsp3) is 0.471. The summed E-state index contributed by atoms with van der Waals surface area (Å²) < 4.78 is 1.72. The Morgan fingerprint density at radius 2 is 2.17 bits per heavy atom. The number of aromatic nitrogens is 3. The third-order valence-electron chi connectivity index (χ3n) is 4.34. The summed E-state index contributed by atoms with van der Waals surface area (Å²) in [5.41, 5.74) is 1.89. The monoisotopic (exact) mass is 328 g/mol. The standard InChI is InChI=1S/C17H24N6O/c1-22(2)15-9-5-8-13(19-15)11-18-17(24)20-16-10-14(21-23(16)3)12-6-4-7-12/h5,8-10,12H,4,6-7,11H2,1-3H3,(H2,18,20,24). The molecule has 2 amide bonds. The molecule has 2 heterocycles. The average Bonchev–Trinajstić information content (AvgIpc) is 2.84. The van der Waals surface area contributed by atoms with Gasteiger partial charge in [0.2, 0.25) is 0 Å². The molecule has 0 unspecified atom stereocenters. The summed E-state index contributed by atoms with van der Waals surface area (Å²) in [7, 11) is 5.72. The van der Waals surface area contributed by atoms with E-state index in [-0.39, 0.29) is 6.03 Å². The lowest BCUT2D eigenvalue weighted by Crippen LogP contribution is -2.29. The highest BCUT2D eigenvalue weighted by Crippen LogP contribution is 2.36. The predicted molar refractivity (Wildman–Crippen MR) is 94.2 cm³/mol. The molecule has 2 aromatic heterocycles. The number of carbonyl (C=O) groups is 1. The third kappa shape index (κ3) is 3.67. The molecular formula is C17H24N6O. The van der Waals surface area contributed by atoms with Gasteiger partial charge in [-0.05, 0) is 25.0 Å². The van der Waals surface area contributed by atoms with Crippen LogP contribution in [0.2, 0.25) is 0 Å². The van der Waals surface area contributed by atoms with Crippen LogP contribution in [0.1, 0.15) is 36.6 Å². The number of hydrogen-bond acceptors (Lipinski definition) is 4. The van der Waals surface area contributed by atoms with Gasteiger partial charge >= 0.3 is 6.03 Å². The summed E-state index contributed by atoms with van der Waals surface area (Å²) in [4.78, 5) is 18.5. The number of urea groups is 1. The molecule has 0 bridgehead atoms. The van der Waals surface area contributed by atoms with Gasteiger partial charge in [0.1, 0.15) is 11.6 Å². The summed E-state index contributed by atoms with van der Waals surface area (Å²) in [5.74, 6) is 2.13. The van der Waals surface area contributed by atoms with Gasteiger partial charge in [-0.15, -0.1) is 0 Å². The maximum Gasteiger partial charge on any atom is 0.320 e. The van der Waals surface area contributed by atoms with Gasteiger partial charge in [-0.25, -0.2) is 9.78 Å². The number of anilines is 2. The number of carbonyl (C=O) groups excluding carboxylic acids is 1. The van der Waals surface area contributed by atoms with E-state index in [4.69, 9.17) is 0 Å². The molecule has 1 fully saturated rings. The van der Waals surface area contributed by atoms with Crippen molar-refractivity contribution in [1.29, 1.82) is 0 Å². The van der Waals surface area contributed by atoms with E-state index >= 15 is 0 Å². The van der Waals surface area contributed by atoms with E-state index in [1.807, 2.05) is 50.3 Å². The summed E-state index contributed by atoms with van der Waals surface area (Å²) in [5, 5.41) is 10.2. The number of aryl methyl sites for hydroxylation is 1. The van der Waals surface area contributed by atoms with E-state index < -0.39 is 0 Å². The fourth-order valence-electron chi connectivity index (χ4n) is 2.66. The van der Waals surface area contributed by atoms with Crippen LogP contribution in [0.3, 0.4) is 0 Å². The van der Waals surface area contributed by atoms with E-state index in [1.165, 1.54) is 19.3 Å². The van der Waals surface area contributed by atoms with Crippen LogP contribution in [0, 0.1) is 0 Å². The van der Waals surface area contributed by atoms with Crippen LogP contribution in [0.25, 0.3) is 0 Å².